The van der Waals surface area contributed by atoms with E-state index in [2.05, 4.69) is 0 Å². The van der Waals surface area contributed by atoms with Crippen LogP contribution in [0.15, 0.2) is 24.3 Å². The van der Waals surface area contributed by atoms with Gasteiger partial charge in [-0.25, -0.2) is 4.79 Å². The van der Waals surface area contributed by atoms with Gasteiger partial charge in [0.2, 0.25) is 0 Å². The second-order valence-electron chi connectivity index (χ2n) is 4.07. The average Bonchev–Trinajstić information content (AvgIpc) is 2.38. The van der Waals surface area contributed by atoms with Crippen molar-refractivity contribution in [2.75, 3.05) is 13.7 Å². The van der Waals surface area contributed by atoms with Crippen molar-refractivity contribution in [2.45, 2.75) is 32.3 Å². The summed E-state index contributed by atoms with van der Waals surface area (Å²) in [5, 5.41) is 9.13. The van der Waals surface area contributed by atoms with Crippen LogP contribution in [-0.4, -0.2) is 30.9 Å². The molecule has 0 aromatic heterocycles. The Balaban J connectivity index is 2.67. The lowest BCUT2D eigenvalue weighted by Crippen LogP contribution is -2.27. The molecule has 0 saturated carbocycles. The van der Waals surface area contributed by atoms with E-state index in [9.17, 15) is 4.79 Å². The van der Waals surface area contributed by atoms with E-state index >= 15 is 0 Å². The van der Waals surface area contributed by atoms with E-state index in [1.807, 2.05) is 31.2 Å². The summed E-state index contributed by atoms with van der Waals surface area (Å²) in [6.07, 6.45) is 1.37. The van der Waals surface area contributed by atoms with E-state index in [0.717, 1.165) is 18.4 Å². The van der Waals surface area contributed by atoms with Gasteiger partial charge in [-0.2, -0.15) is 0 Å². The number of para-hydroxylation sites is 1. The van der Waals surface area contributed by atoms with E-state index in [1.54, 1.807) is 7.11 Å². The molecule has 1 N–H and O–H groups in total. The Hall–Kier alpha value is -1.55. The zero-order valence-electron chi connectivity index (χ0n) is 10.9. The lowest BCUT2D eigenvalue weighted by Gasteiger charge is -2.15. The minimum Gasteiger partial charge on any atom is -0.496 e. The Bertz CT molecular complexity index is 376. The number of methoxy groups -OCH3 is 1. The van der Waals surface area contributed by atoms with Gasteiger partial charge in [0.25, 0.3) is 0 Å². The number of benzene rings is 1. The van der Waals surface area contributed by atoms with Crippen LogP contribution in [-0.2, 0) is 16.0 Å². The molecule has 4 heteroatoms. The number of carboxylic acid groups (broad SMARTS) is 1. The first-order valence-electron chi connectivity index (χ1n) is 6.15. The van der Waals surface area contributed by atoms with Crippen molar-refractivity contribution in [2.24, 2.45) is 0 Å². The van der Waals surface area contributed by atoms with Gasteiger partial charge in [0.15, 0.2) is 6.10 Å². The standard InChI is InChI=1S/C14H20O4/c1-3-4-9-18-13(14(15)16)10-11-7-5-6-8-12(11)17-2/h5-8,13H,3-4,9-10H2,1-2H3,(H,15,16)/t13-/m0/s1. The third-order valence-electron chi connectivity index (χ3n) is 2.69. The fraction of sp³-hybridized carbons (Fsp3) is 0.500. The highest BCUT2D eigenvalue weighted by Crippen LogP contribution is 2.20. The van der Waals surface area contributed by atoms with E-state index in [4.69, 9.17) is 14.6 Å². The maximum absolute atomic E-state index is 11.1. The van der Waals surface area contributed by atoms with Crippen LogP contribution in [0.2, 0.25) is 0 Å². The fourth-order valence-corrected chi connectivity index (χ4v) is 1.66. The molecule has 0 amide bonds. The van der Waals surface area contributed by atoms with Crippen LogP contribution < -0.4 is 4.74 Å². The Morgan fingerprint density at radius 2 is 2.11 bits per heavy atom. The molecule has 0 aliphatic rings. The second-order valence-corrected chi connectivity index (χ2v) is 4.07. The van der Waals surface area contributed by atoms with Gasteiger partial charge < -0.3 is 14.6 Å². The van der Waals surface area contributed by atoms with Gasteiger partial charge in [0, 0.05) is 13.0 Å². The number of aliphatic carboxylic acids is 1. The molecule has 100 valence electrons. The van der Waals surface area contributed by atoms with Crippen molar-refractivity contribution in [3.05, 3.63) is 29.8 Å². The molecule has 1 aromatic rings. The number of carboxylic acids is 1. The van der Waals surface area contributed by atoms with Crippen molar-refractivity contribution < 1.29 is 19.4 Å². The van der Waals surface area contributed by atoms with Gasteiger partial charge in [0.1, 0.15) is 5.75 Å². The van der Waals surface area contributed by atoms with Crippen molar-refractivity contribution >= 4 is 5.97 Å². The topological polar surface area (TPSA) is 55.8 Å². The Kier molecular flexibility index (Phi) is 6.22. The summed E-state index contributed by atoms with van der Waals surface area (Å²) in [7, 11) is 1.58. The van der Waals surface area contributed by atoms with E-state index in [1.165, 1.54) is 0 Å². The van der Waals surface area contributed by atoms with Gasteiger partial charge in [0.05, 0.1) is 7.11 Å². The highest BCUT2D eigenvalue weighted by molar-refractivity contribution is 5.73. The van der Waals surface area contributed by atoms with E-state index in [-0.39, 0.29) is 0 Å². The van der Waals surface area contributed by atoms with Crippen molar-refractivity contribution in [1.82, 2.24) is 0 Å². The fourth-order valence-electron chi connectivity index (χ4n) is 1.66. The summed E-state index contributed by atoms with van der Waals surface area (Å²) in [5.74, 6) is -0.236. The van der Waals surface area contributed by atoms with Crippen LogP contribution >= 0.6 is 0 Å². The van der Waals surface area contributed by atoms with Crippen molar-refractivity contribution in [1.29, 1.82) is 0 Å². The normalized spacial score (nSPS) is 12.1. The molecule has 0 aliphatic carbocycles. The maximum atomic E-state index is 11.1. The van der Waals surface area contributed by atoms with Crippen LogP contribution in [0.5, 0.6) is 5.75 Å². The van der Waals surface area contributed by atoms with Crippen molar-refractivity contribution in [3.8, 4) is 5.75 Å². The number of hydrogen-bond donors (Lipinski definition) is 1. The molecule has 0 unspecified atom stereocenters. The number of unbranched alkanes of at least 4 members (excludes halogenated alkanes) is 1. The van der Waals surface area contributed by atoms with Gasteiger partial charge in [-0.3, -0.25) is 0 Å². The van der Waals surface area contributed by atoms with Crippen LogP contribution in [0.4, 0.5) is 0 Å². The quantitative estimate of drug-likeness (QED) is 0.722. The van der Waals surface area contributed by atoms with Crippen LogP contribution in [0, 0.1) is 0 Å². The van der Waals surface area contributed by atoms with Crippen molar-refractivity contribution in [3.63, 3.8) is 0 Å². The van der Waals surface area contributed by atoms with Gasteiger partial charge >= 0.3 is 5.97 Å². The minimum atomic E-state index is -0.933. The summed E-state index contributed by atoms with van der Waals surface area (Å²) in [6.45, 7) is 2.52. The molecule has 0 fully saturated rings. The SMILES string of the molecule is CCCCO[C@@H](Cc1ccccc1OC)C(=O)O. The summed E-state index contributed by atoms with van der Waals surface area (Å²) < 4.78 is 10.6. The first kappa shape index (κ1) is 14.5. The zero-order valence-corrected chi connectivity index (χ0v) is 10.9. The van der Waals surface area contributed by atoms with Crippen LogP contribution in [0.25, 0.3) is 0 Å². The number of hydrogen-bond acceptors (Lipinski definition) is 3. The van der Waals surface area contributed by atoms with Crippen LogP contribution in [0.3, 0.4) is 0 Å². The summed E-state index contributed by atoms with van der Waals surface area (Å²) >= 11 is 0. The molecule has 0 bridgehead atoms. The molecule has 0 radical (unpaired) electrons. The third-order valence-corrected chi connectivity index (χ3v) is 2.69. The Labute approximate surface area is 108 Å². The minimum absolute atomic E-state index is 0.322. The highest BCUT2D eigenvalue weighted by atomic mass is 16.5. The number of ether oxygens (including phenoxy) is 2. The molecule has 0 spiro atoms. The number of carbonyl (C=O) groups is 1. The average molecular weight is 252 g/mol. The summed E-state index contributed by atoms with van der Waals surface area (Å²) in [4.78, 5) is 11.1. The largest absolute Gasteiger partial charge is 0.496 e. The predicted molar refractivity (Wildman–Crippen MR) is 69.0 cm³/mol. The van der Waals surface area contributed by atoms with Gasteiger partial charge in [-0.05, 0) is 18.1 Å². The smallest absolute Gasteiger partial charge is 0.333 e. The first-order valence-corrected chi connectivity index (χ1v) is 6.15. The monoisotopic (exact) mass is 252 g/mol. The summed E-state index contributed by atoms with van der Waals surface area (Å²) in [5.41, 5.74) is 0.851. The molecule has 0 saturated heterocycles. The lowest BCUT2D eigenvalue weighted by atomic mass is 10.1. The highest BCUT2D eigenvalue weighted by Gasteiger charge is 2.20. The molecular weight excluding hydrogens is 232 g/mol. The van der Waals surface area contributed by atoms with Crippen LogP contribution in [0.1, 0.15) is 25.3 Å². The molecule has 4 nitrogen and oxygen atoms in total. The molecule has 1 atom stereocenters. The molecule has 1 aromatic carbocycles. The number of rotatable bonds is 8. The first-order chi connectivity index (χ1) is 8.69. The Morgan fingerprint density at radius 3 is 2.72 bits per heavy atom. The molecule has 0 heterocycles. The summed E-state index contributed by atoms with van der Waals surface area (Å²) in [6, 6.07) is 7.40. The molecular formula is C14H20O4. The molecule has 0 aliphatic heterocycles. The predicted octanol–water partition coefficient (Wildman–Crippen LogP) is 2.51. The molecule has 18 heavy (non-hydrogen) atoms. The Morgan fingerprint density at radius 1 is 1.39 bits per heavy atom. The van der Waals surface area contributed by atoms with E-state index in [0.29, 0.717) is 18.8 Å². The lowest BCUT2D eigenvalue weighted by molar-refractivity contribution is -0.150. The maximum Gasteiger partial charge on any atom is 0.333 e. The van der Waals surface area contributed by atoms with Gasteiger partial charge in [-0.15, -0.1) is 0 Å². The third kappa shape index (κ3) is 4.37. The van der Waals surface area contributed by atoms with Gasteiger partial charge in [-0.1, -0.05) is 31.5 Å². The zero-order chi connectivity index (χ0) is 13.4. The second kappa shape index (κ2) is 7.71. The van der Waals surface area contributed by atoms with E-state index < -0.39 is 12.1 Å². The molecule has 1 rings (SSSR count).